The second-order valence-corrected chi connectivity index (χ2v) is 3.37. The van der Waals surface area contributed by atoms with Crippen molar-refractivity contribution in [1.82, 2.24) is 0 Å². The minimum absolute atomic E-state index is 0.432. The van der Waals surface area contributed by atoms with Crippen molar-refractivity contribution in [3.63, 3.8) is 0 Å². The van der Waals surface area contributed by atoms with Gasteiger partial charge >= 0.3 is 0 Å². The number of allylic oxidation sites excluding steroid dienone is 2. The summed E-state index contributed by atoms with van der Waals surface area (Å²) in [6, 6.07) is 7.96. The molecule has 0 saturated heterocycles. The molecule has 0 atom stereocenters. The first-order chi connectivity index (χ1) is 6.09. The highest BCUT2D eigenvalue weighted by atomic mass is 35.5. The van der Waals surface area contributed by atoms with Crippen LogP contribution in [0.4, 0.5) is 0 Å². The normalized spacial score (nSPS) is 11.5. The standard InChI is InChI=1S/C11H11ClO/c1-8-3-5-10(6-4-8)9(2)7-11(12)13/h3-7H,1-2H3. The van der Waals surface area contributed by atoms with Gasteiger partial charge in [-0.25, -0.2) is 0 Å². The molecule has 0 bridgehead atoms. The number of carbonyl (C=O) groups is 1. The number of hydrogen-bond donors (Lipinski definition) is 0. The second kappa shape index (κ2) is 4.24. The molecular weight excluding hydrogens is 184 g/mol. The van der Waals surface area contributed by atoms with Crippen LogP contribution in [0.2, 0.25) is 0 Å². The molecule has 0 N–H and O–H groups in total. The molecule has 1 rings (SSSR count). The number of rotatable bonds is 2. The van der Waals surface area contributed by atoms with Crippen molar-refractivity contribution < 1.29 is 4.79 Å². The van der Waals surface area contributed by atoms with Gasteiger partial charge in [-0.05, 0) is 36.6 Å². The molecule has 0 saturated carbocycles. The molecule has 0 heterocycles. The summed E-state index contributed by atoms with van der Waals surface area (Å²) in [7, 11) is 0. The van der Waals surface area contributed by atoms with E-state index in [2.05, 4.69) is 0 Å². The molecule has 0 aliphatic rings. The van der Waals surface area contributed by atoms with Gasteiger partial charge < -0.3 is 0 Å². The van der Waals surface area contributed by atoms with Crippen molar-refractivity contribution in [2.75, 3.05) is 0 Å². The summed E-state index contributed by atoms with van der Waals surface area (Å²) in [4.78, 5) is 10.6. The fraction of sp³-hybridized carbons (Fsp3) is 0.182. The zero-order valence-electron chi connectivity index (χ0n) is 7.67. The Morgan fingerprint density at radius 2 is 1.85 bits per heavy atom. The smallest absolute Gasteiger partial charge is 0.245 e. The van der Waals surface area contributed by atoms with E-state index in [1.165, 1.54) is 11.6 Å². The Kier molecular flexibility index (Phi) is 3.26. The minimum Gasteiger partial charge on any atom is -0.276 e. The highest BCUT2D eigenvalue weighted by Crippen LogP contribution is 2.14. The molecule has 1 aromatic carbocycles. The van der Waals surface area contributed by atoms with Crippen LogP contribution in [0.3, 0.4) is 0 Å². The third-order valence-electron chi connectivity index (χ3n) is 1.84. The van der Waals surface area contributed by atoms with Gasteiger partial charge in [0.2, 0.25) is 5.24 Å². The van der Waals surface area contributed by atoms with E-state index in [0.29, 0.717) is 0 Å². The first-order valence-electron chi connectivity index (χ1n) is 4.04. The van der Waals surface area contributed by atoms with Gasteiger partial charge in [-0.2, -0.15) is 0 Å². The molecule has 0 aromatic heterocycles. The van der Waals surface area contributed by atoms with Crippen molar-refractivity contribution in [3.05, 3.63) is 41.5 Å². The lowest BCUT2D eigenvalue weighted by molar-refractivity contribution is -0.107. The van der Waals surface area contributed by atoms with Gasteiger partial charge in [0.05, 0.1) is 0 Å². The molecule has 0 fully saturated rings. The SMILES string of the molecule is CC(=CC(=O)Cl)c1ccc(C)cc1. The third-order valence-corrected chi connectivity index (χ3v) is 1.95. The van der Waals surface area contributed by atoms with Crippen molar-refractivity contribution in [2.24, 2.45) is 0 Å². The average molecular weight is 195 g/mol. The number of hydrogen-bond acceptors (Lipinski definition) is 1. The Balaban J connectivity index is 2.96. The molecule has 68 valence electrons. The lowest BCUT2D eigenvalue weighted by atomic mass is 10.1. The van der Waals surface area contributed by atoms with Crippen LogP contribution in [0.25, 0.3) is 5.57 Å². The van der Waals surface area contributed by atoms with Crippen molar-refractivity contribution in [1.29, 1.82) is 0 Å². The van der Waals surface area contributed by atoms with Gasteiger partial charge in [0, 0.05) is 6.08 Å². The van der Waals surface area contributed by atoms with Crippen molar-refractivity contribution in [3.8, 4) is 0 Å². The van der Waals surface area contributed by atoms with E-state index in [-0.39, 0.29) is 0 Å². The molecule has 2 heteroatoms. The van der Waals surface area contributed by atoms with Crippen LogP contribution in [0.1, 0.15) is 18.1 Å². The molecular formula is C11H11ClO. The number of aryl methyl sites for hydroxylation is 1. The summed E-state index contributed by atoms with van der Waals surface area (Å²) in [5.41, 5.74) is 3.12. The molecule has 1 aromatic rings. The molecule has 0 unspecified atom stereocenters. The van der Waals surface area contributed by atoms with Crippen molar-refractivity contribution in [2.45, 2.75) is 13.8 Å². The van der Waals surface area contributed by atoms with Crippen LogP contribution in [0, 0.1) is 6.92 Å². The van der Waals surface area contributed by atoms with Gasteiger partial charge in [0.1, 0.15) is 0 Å². The highest BCUT2D eigenvalue weighted by molar-refractivity contribution is 6.66. The Morgan fingerprint density at radius 3 is 2.31 bits per heavy atom. The summed E-state index contributed by atoms with van der Waals surface area (Å²) >= 11 is 5.24. The van der Waals surface area contributed by atoms with Gasteiger partial charge in [-0.1, -0.05) is 29.8 Å². The fourth-order valence-corrected chi connectivity index (χ4v) is 1.23. The van der Waals surface area contributed by atoms with Crippen LogP contribution in [0.15, 0.2) is 30.3 Å². The van der Waals surface area contributed by atoms with E-state index in [0.717, 1.165) is 11.1 Å². The first-order valence-corrected chi connectivity index (χ1v) is 4.42. The minimum atomic E-state index is -0.432. The summed E-state index contributed by atoms with van der Waals surface area (Å²) in [6.45, 7) is 3.89. The molecule has 13 heavy (non-hydrogen) atoms. The largest absolute Gasteiger partial charge is 0.276 e. The second-order valence-electron chi connectivity index (χ2n) is 3.00. The monoisotopic (exact) mass is 194 g/mol. The molecule has 0 radical (unpaired) electrons. The predicted molar refractivity (Wildman–Crippen MR) is 55.7 cm³/mol. The van der Waals surface area contributed by atoms with Gasteiger partial charge in [0.15, 0.2) is 0 Å². The van der Waals surface area contributed by atoms with Crippen LogP contribution in [-0.2, 0) is 4.79 Å². The molecule has 0 aliphatic carbocycles. The maximum absolute atomic E-state index is 10.6. The maximum Gasteiger partial charge on any atom is 0.245 e. The Labute approximate surface area is 83.0 Å². The van der Waals surface area contributed by atoms with E-state index in [4.69, 9.17) is 11.6 Å². The number of carbonyl (C=O) groups excluding carboxylic acids is 1. The lowest BCUT2D eigenvalue weighted by Gasteiger charge is -2.00. The Bertz CT molecular complexity index is 336. The van der Waals surface area contributed by atoms with Crippen LogP contribution >= 0.6 is 11.6 Å². The summed E-state index contributed by atoms with van der Waals surface area (Å²) in [5, 5.41) is -0.432. The van der Waals surface area contributed by atoms with Crippen LogP contribution < -0.4 is 0 Å². The molecule has 0 amide bonds. The number of halogens is 1. The number of benzene rings is 1. The quantitative estimate of drug-likeness (QED) is 0.522. The van der Waals surface area contributed by atoms with E-state index < -0.39 is 5.24 Å². The van der Waals surface area contributed by atoms with Gasteiger partial charge in [-0.3, -0.25) is 4.79 Å². The van der Waals surface area contributed by atoms with Crippen molar-refractivity contribution >= 4 is 22.4 Å². The van der Waals surface area contributed by atoms with E-state index >= 15 is 0 Å². The first kappa shape index (κ1) is 10.0. The van der Waals surface area contributed by atoms with Gasteiger partial charge in [0.25, 0.3) is 0 Å². The van der Waals surface area contributed by atoms with Crippen LogP contribution in [-0.4, -0.2) is 5.24 Å². The summed E-state index contributed by atoms with van der Waals surface area (Å²) < 4.78 is 0. The molecule has 1 nitrogen and oxygen atoms in total. The fourth-order valence-electron chi connectivity index (χ4n) is 1.07. The average Bonchev–Trinajstić information content (AvgIpc) is 2.04. The third kappa shape index (κ3) is 3.03. The van der Waals surface area contributed by atoms with Crippen LogP contribution in [0.5, 0.6) is 0 Å². The van der Waals surface area contributed by atoms with Gasteiger partial charge in [-0.15, -0.1) is 0 Å². The predicted octanol–water partition coefficient (Wildman–Crippen LogP) is 3.16. The maximum atomic E-state index is 10.6. The van der Waals surface area contributed by atoms with E-state index in [1.807, 2.05) is 38.1 Å². The highest BCUT2D eigenvalue weighted by Gasteiger charge is 1.96. The molecule has 0 aliphatic heterocycles. The zero-order chi connectivity index (χ0) is 9.84. The Hall–Kier alpha value is -1.08. The summed E-state index contributed by atoms with van der Waals surface area (Å²) in [6.07, 6.45) is 1.42. The lowest BCUT2D eigenvalue weighted by Crippen LogP contribution is -1.84. The summed E-state index contributed by atoms with van der Waals surface area (Å²) in [5.74, 6) is 0. The van der Waals surface area contributed by atoms with E-state index in [9.17, 15) is 4.79 Å². The zero-order valence-corrected chi connectivity index (χ0v) is 8.43. The van der Waals surface area contributed by atoms with E-state index in [1.54, 1.807) is 0 Å². The molecule has 0 spiro atoms. The topological polar surface area (TPSA) is 17.1 Å². The Morgan fingerprint density at radius 1 is 1.31 bits per heavy atom.